The van der Waals surface area contributed by atoms with Gasteiger partial charge in [-0.3, -0.25) is 0 Å². The largest absolute Gasteiger partial charge is 0.414 e. The van der Waals surface area contributed by atoms with Gasteiger partial charge in [-0.15, -0.1) is 4.48 Å². The highest BCUT2D eigenvalue weighted by molar-refractivity contribution is 6.74. The molecule has 0 bridgehead atoms. The summed E-state index contributed by atoms with van der Waals surface area (Å²) in [4.78, 5) is 0. The average Bonchev–Trinajstić information content (AvgIpc) is 2.47. The topological polar surface area (TPSA) is 21.3 Å². The lowest BCUT2D eigenvalue weighted by Gasteiger charge is -2.41. The first-order valence-corrected chi connectivity index (χ1v) is 11.3. The zero-order valence-electron chi connectivity index (χ0n) is 14.6. The van der Waals surface area contributed by atoms with Gasteiger partial charge in [0.2, 0.25) is 0 Å². The Kier molecular flexibility index (Phi) is 5.33. The van der Waals surface area contributed by atoms with Gasteiger partial charge in [0.25, 0.3) is 0 Å². The minimum Gasteiger partial charge on any atom is -0.414 e. The number of rotatable bonds is 4. The van der Waals surface area contributed by atoms with Crippen LogP contribution in [0.3, 0.4) is 0 Å². The molecule has 1 aromatic carbocycles. The van der Waals surface area contributed by atoms with Gasteiger partial charge in [0.05, 0.1) is 5.69 Å². The monoisotopic (exact) mass is 323 g/mol. The van der Waals surface area contributed by atoms with Gasteiger partial charge in [-0.2, -0.15) is 0 Å². The zero-order chi connectivity index (χ0) is 16.4. The predicted octanol–water partition coefficient (Wildman–Crippen LogP) is 6.03. The molecule has 0 aromatic heterocycles. The lowest BCUT2D eigenvalue weighted by molar-refractivity contribution is 0.130. The van der Waals surface area contributed by atoms with Crippen LogP contribution in [0.2, 0.25) is 18.1 Å². The van der Waals surface area contributed by atoms with E-state index in [4.69, 9.17) is 4.43 Å². The molecule has 0 atom stereocenters. The highest BCUT2D eigenvalue weighted by atomic mass is 28.4. The van der Waals surface area contributed by atoms with Crippen molar-refractivity contribution in [3.63, 3.8) is 0 Å². The Balaban J connectivity index is 1.90. The normalized spacial score (nSPS) is 23.4. The molecule has 0 spiro atoms. The van der Waals surface area contributed by atoms with Gasteiger partial charge in [0.1, 0.15) is 0 Å². The van der Waals surface area contributed by atoms with Gasteiger partial charge in [-0.05, 0) is 67.4 Å². The van der Waals surface area contributed by atoms with Crippen molar-refractivity contribution >= 4 is 14.0 Å². The van der Waals surface area contributed by atoms with Crippen molar-refractivity contribution in [2.45, 2.75) is 76.6 Å². The van der Waals surface area contributed by atoms with Crippen LogP contribution in [0.25, 0.3) is 0 Å². The molecule has 1 fully saturated rings. The number of benzene rings is 1. The second kappa shape index (κ2) is 6.71. The summed E-state index contributed by atoms with van der Waals surface area (Å²) in [6.07, 6.45) is 5.04. The highest BCUT2D eigenvalue weighted by Gasteiger charge is 2.39. The lowest BCUT2D eigenvalue weighted by Crippen LogP contribution is -2.44. The average molecular weight is 324 g/mol. The van der Waals surface area contributed by atoms with Crippen molar-refractivity contribution in [1.29, 1.82) is 0 Å². The molecule has 1 N–H and O–H groups in total. The van der Waals surface area contributed by atoms with Gasteiger partial charge in [-0.25, -0.2) is 5.54 Å². The molecule has 1 saturated carbocycles. The van der Waals surface area contributed by atoms with Crippen LogP contribution < -0.4 is 5.54 Å². The molecule has 124 valence electrons. The van der Waals surface area contributed by atoms with E-state index in [1.165, 1.54) is 18.4 Å². The third kappa shape index (κ3) is 4.11. The molecule has 1 aliphatic rings. The smallest absolute Gasteiger partial charge is 0.192 e. The molecule has 0 aliphatic heterocycles. The van der Waals surface area contributed by atoms with Gasteiger partial charge in [0, 0.05) is 6.10 Å². The first-order valence-electron chi connectivity index (χ1n) is 8.37. The first-order chi connectivity index (χ1) is 10.2. The maximum absolute atomic E-state index is 12.3. The van der Waals surface area contributed by atoms with Crippen LogP contribution in [0.1, 0.15) is 57.9 Å². The minimum absolute atomic E-state index is 0.277. The fourth-order valence-corrected chi connectivity index (χ4v) is 4.35. The fraction of sp³-hybridized carbons (Fsp3) is 0.667. The number of nitrogens with one attached hydrogen (secondary N) is 1. The van der Waals surface area contributed by atoms with Crippen LogP contribution in [0, 0.1) is 0 Å². The third-order valence-corrected chi connectivity index (χ3v) is 9.97. The Morgan fingerprint density at radius 2 is 1.59 bits per heavy atom. The van der Waals surface area contributed by atoms with Gasteiger partial charge >= 0.3 is 0 Å². The van der Waals surface area contributed by atoms with E-state index in [1.54, 1.807) is 5.54 Å². The van der Waals surface area contributed by atoms with Crippen molar-refractivity contribution in [3.05, 3.63) is 29.8 Å². The van der Waals surface area contributed by atoms with Crippen LogP contribution in [0.4, 0.5) is 10.2 Å². The van der Waals surface area contributed by atoms with Crippen LogP contribution in [-0.4, -0.2) is 14.4 Å². The summed E-state index contributed by atoms with van der Waals surface area (Å²) in [6, 6.07) is 7.71. The van der Waals surface area contributed by atoms with Crippen molar-refractivity contribution in [2.75, 3.05) is 5.54 Å². The molecule has 1 aromatic rings. The van der Waals surface area contributed by atoms with E-state index in [2.05, 4.69) is 33.9 Å². The van der Waals surface area contributed by atoms with Crippen molar-refractivity contribution in [1.82, 2.24) is 0 Å². The van der Waals surface area contributed by atoms with E-state index in [1.807, 2.05) is 24.3 Å². The Morgan fingerprint density at radius 1 is 1.05 bits per heavy atom. The first kappa shape index (κ1) is 17.5. The summed E-state index contributed by atoms with van der Waals surface area (Å²) in [7, 11) is -1.66. The predicted molar refractivity (Wildman–Crippen MR) is 94.5 cm³/mol. The summed E-state index contributed by atoms with van der Waals surface area (Å²) >= 11 is 0. The molecular formula is C18H30FNOSi. The molecular weight excluding hydrogens is 293 g/mol. The van der Waals surface area contributed by atoms with E-state index in [-0.39, 0.29) is 5.04 Å². The SMILES string of the molecule is CC(C)(C)[Si](C)(C)OC1CCC(c2ccc(NF)cc2)CC1. The summed E-state index contributed by atoms with van der Waals surface area (Å²) in [6.45, 7) is 11.6. The maximum atomic E-state index is 12.3. The number of halogens is 1. The van der Waals surface area contributed by atoms with Crippen molar-refractivity contribution in [3.8, 4) is 0 Å². The standard InChI is InChI=1S/C18H30FNOSi/c1-18(2,3)22(4,5)21-17-12-8-15(9-13-17)14-6-10-16(20-19)11-7-14/h6-7,10-11,15,17,20H,8-9,12-13H2,1-5H3. The van der Waals surface area contributed by atoms with E-state index >= 15 is 0 Å². The van der Waals surface area contributed by atoms with Crippen LogP contribution in [0.15, 0.2) is 24.3 Å². The Hall–Kier alpha value is -0.873. The number of hydrogen-bond acceptors (Lipinski definition) is 2. The number of hydrogen-bond donors (Lipinski definition) is 1. The van der Waals surface area contributed by atoms with Gasteiger partial charge in [0.15, 0.2) is 8.32 Å². The molecule has 0 heterocycles. The number of anilines is 1. The maximum Gasteiger partial charge on any atom is 0.192 e. The molecule has 0 unspecified atom stereocenters. The van der Waals surface area contributed by atoms with Gasteiger partial charge in [-0.1, -0.05) is 32.9 Å². The minimum atomic E-state index is -1.66. The Morgan fingerprint density at radius 3 is 2.05 bits per heavy atom. The summed E-state index contributed by atoms with van der Waals surface area (Å²) in [5.41, 5.74) is 3.54. The van der Waals surface area contributed by atoms with Crippen molar-refractivity contribution in [2.24, 2.45) is 0 Å². The molecule has 0 radical (unpaired) electrons. The molecule has 0 amide bonds. The fourth-order valence-electron chi connectivity index (χ4n) is 2.93. The Labute approximate surface area is 135 Å². The zero-order valence-corrected chi connectivity index (χ0v) is 15.6. The van der Waals surface area contributed by atoms with Crippen molar-refractivity contribution < 1.29 is 8.91 Å². The molecule has 0 saturated heterocycles. The summed E-state index contributed by atoms with van der Waals surface area (Å²) in [5, 5.41) is 0.277. The van der Waals surface area contributed by atoms with Gasteiger partial charge < -0.3 is 4.43 Å². The molecule has 2 nitrogen and oxygen atoms in total. The summed E-state index contributed by atoms with van der Waals surface area (Å²) in [5.74, 6) is 0.591. The molecule has 2 rings (SSSR count). The quantitative estimate of drug-likeness (QED) is 0.539. The molecule has 4 heteroatoms. The highest BCUT2D eigenvalue weighted by Crippen LogP contribution is 2.41. The van der Waals surface area contributed by atoms with E-state index < -0.39 is 8.32 Å². The van der Waals surface area contributed by atoms with E-state index in [0.717, 1.165) is 12.8 Å². The third-order valence-electron chi connectivity index (χ3n) is 5.43. The molecule has 22 heavy (non-hydrogen) atoms. The van der Waals surface area contributed by atoms with E-state index in [0.29, 0.717) is 17.7 Å². The van der Waals surface area contributed by atoms with E-state index in [9.17, 15) is 4.48 Å². The van der Waals surface area contributed by atoms with Crippen LogP contribution in [-0.2, 0) is 4.43 Å². The Bertz CT molecular complexity index is 473. The second-order valence-corrected chi connectivity index (χ2v) is 12.8. The summed E-state index contributed by atoms with van der Waals surface area (Å²) < 4.78 is 18.9. The molecule has 1 aliphatic carbocycles. The van der Waals surface area contributed by atoms with Crippen LogP contribution >= 0.6 is 0 Å². The van der Waals surface area contributed by atoms with Crippen LogP contribution in [0.5, 0.6) is 0 Å². The lowest BCUT2D eigenvalue weighted by atomic mass is 9.83. The second-order valence-electron chi connectivity index (χ2n) is 8.07.